The average Bonchev–Trinajstić information content (AvgIpc) is 3.11. The van der Waals surface area contributed by atoms with Crippen molar-refractivity contribution in [3.05, 3.63) is 40.5 Å². The second kappa shape index (κ2) is 8.72. The topological polar surface area (TPSA) is 54.0 Å². The molecule has 1 aliphatic heterocycles. The molecule has 0 atom stereocenters. The number of aromatic amines is 1. The third-order valence-electron chi connectivity index (χ3n) is 5.85. The number of aryl methyl sites for hydroxylation is 2. The van der Waals surface area contributed by atoms with Gasteiger partial charge in [0, 0.05) is 12.3 Å². The molecular weight excluding hydrogens is 384 g/mol. The number of imidazole rings is 1. The summed E-state index contributed by atoms with van der Waals surface area (Å²) in [7, 11) is 2.20. The number of hydrogen-bond donors (Lipinski definition) is 1. The van der Waals surface area contributed by atoms with Crippen LogP contribution in [0, 0.1) is 19.8 Å². The maximum atomic E-state index is 6.53. The molecule has 2 aromatic heterocycles. The Kier molecular flexibility index (Phi) is 6.07. The van der Waals surface area contributed by atoms with Crippen LogP contribution in [-0.4, -0.2) is 46.6 Å². The maximum absolute atomic E-state index is 6.53. The fourth-order valence-corrected chi connectivity index (χ4v) is 4.40. The first kappa shape index (κ1) is 20.2. The lowest BCUT2D eigenvalue weighted by molar-refractivity contribution is 0.199. The molecule has 1 fully saturated rings. The Bertz CT molecular complexity index is 992. The normalized spacial score (nSPS) is 15.9. The number of likely N-dealkylation sites (tertiary alicyclic amines) is 1. The molecule has 1 saturated heterocycles. The summed E-state index contributed by atoms with van der Waals surface area (Å²) in [5, 5.41) is 0.596. The zero-order chi connectivity index (χ0) is 20.4. The first-order valence-corrected chi connectivity index (χ1v) is 10.8. The Hall–Kier alpha value is -2.11. The second-order valence-electron chi connectivity index (χ2n) is 8.30. The van der Waals surface area contributed by atoms with Crippen LogP contribution in [-0.2, 0) is 0 Å². The number of ether oxygens (including phenoxy) is 1. The molecule has 1 aliphatic rings. The van der Waals surface area contributed by atoms with Gasteiger partial charge in [-0.15, -0.1) is 0 Å². The standard InChI is InChI=1S/C23H29ClN4O/c1-15-11-16(2)22-20(12-15)26-23(27-22)18-14-25-21(13-19(18)24)29-10-4-5-17-6-8-28(3)9-7-17/h11-14,17H,4-10H2,1-3H3,(H,26,27). The number of benzene rings is 1. The second-order valence-corrected chi connectivity index (χ2v) is 8.71. The molecule has 1 N–H and O–H groups in total. The van der Waals surface area contributed by atoms with Crippen LogP contribution in [0.4, 0.5) is 0 Å². The number of fused-ring (bicyclic) bond motifs is 1. The summed E-state index contributed by atoms with van der Waals surface area (Å²) in [4.78, 5) is 14.9. The number of nitrogens with one attached hydrogen (secondary N) is 1. The predicted molar refractivity (Wildman–Crippen MR) is 119 cm³/mol. The van der Waals surface area contributed by atoms with Crippen molar-refractivity contribution in [2.24, 2.45) is 5.92 Å². The van der Waals surface area contributed by atoms with Gasteiger partial charge in [-0.25, -0.2) is 9.97 Å². The number of halogens is 1. The van der Waals surface area contributed by atoms with Gasteiger partial charge in [-0.05, 0) is 82.8 Å². The van der Waals surface area contributed by atoms with Crippen molar-refractivity contribution in [3.63, 3.8) is 0 Å². The molecule has 0 bridgehead atoms. The lowest BCUT2D eigenvalue weighted by atomic mass is 9.93. The number of rotatable bonds is 6. The number of aromatic nitrogens is 3. The number of pyridine rings is 1. The van der Waals surface area contributed by atoms with Gasteiger partial charge in [-0.1, -0.05) is 17.7 Å². The van der Waals surface area contributed by atoms with E-state index in [2.05, 4.69) is 47.9 Å². The van der Waals surface area contributed by atoms with E-state index in [1.807, 2.05) is 0 Å². The van der Waals surface area contributed by atoms with Crippen LogP contribution >= 0.6 is 11.6 Å². The van der Waals surface area contributed by atoms with Crippen molar-refractivity contribution < 1.29 is 4.74 Å². The molecule has 3 aromatic rings. The number of piperidine rings is 1. The summed E-state index contributed by atoms with van der Waals surface area (Å²) >= 11 is 6.53. The number of hydrogen-bond acceptors (Lipinski definition) is 4. The van der Waals surface area contributed by atoms with E-state index in [9.17, 15) is 0 Å². The summed E-state index contributed by atoms with van der Waals surface area (Å²) < 4.78 is 5.85. The Morgan fingerprint density at radius 3 is 2.76 bits per heavy atom. The van der Waals surface area contributed by atoms with E-state index in [0.717, 1.165) is 40.3 Å². The van der Waals surface area contributed by atoms with Crippen LogP contribution in [0.25, 0.3) is 22.4 Å². The monoisotopic (exact) mass is 412 g/mol. The van der Waals surface area contributed by atoms with Gasteiger partial charge in [-0.3, -0.25) is 0 Å². The first-order chi connectivity index (χ1) is 14.0. The van der Waals surface area contributed by atoms with Crippen molar-refractivity contribution in [2.75, 3.05) is 26.7 Å². The molecule has 0 saturated carbocycles. The van der Waals surface area contributed by atoms with Crippen LogP contribution in [0.3, 0.4) is 0 Å². The van der Waals surface area contributed by atoms with Crippen molar-refractivity contribution in [1.82, 2.24) is 19.9 Å². The van der Waals surface area contributed by atoms with Crippen molar-refractivity contribution in [3.8, 4) is 17.3 Å². The van der Waals surface area contributed by atoms with Crippen LogP contribution in [0.2, 0.25) is 5.02 Å². The number of H-pyrrole nitrogens is 1. The first-order valence-electron chi connectivity index (χ1n) is 10.4. The molecule has 0 spiro atoms. The summed E-state index contributed by atoms with van der Waals surface area (Å²) in [5.74, 6) is 2.14. The molecule has 0 aliphatic carbocycles. The van der Waals surface area contributed by atoms with E-state index in [-0.39, 0.29) is 0 Å². The Morgan fingerprint density at radius 2 is 2.00 bits per heavy atom. The molecule has 4 rings (SSSR count). The molecule has 5 nitrogen and oxygen atoms in total. The highest BCUT2D eigenvalue weighted by Gasteiger charge is 2.16. The zero-order valence-electron chi connectivity index (χ0n) is 17.5. The SMILES string of the molecule is Cc1cc(C)c2nc(-c3cnc(OCCCC4CCN(C)CC4)cc3Cl)[nH]c2c1. The third-order valence-corrected chi connectivity index (χ3v) is 6.16. The van der Waals surface area contributed by atoms with Crippen LogP contribution in [0.1, 0.15) is 36.8 Å². The van der Waals surface area contributed by atoms with Gasteiger partial charge < -0.3 is 14.6 Å². The molecule has 1 aromatic carbocycles. The van der Waals surface area contributed by atoms with Gasteiger partial charge in [0.15, 0.2) is 0 Å². The van der Waals surface area contributed by atoms with Gasteiger partial charge in [0.25, 0.3) is 0 Å². The molecule has 0 radical (unpaired) electrons. The highest BCUT2D eigenvalue weighted by molar-refractivity contribution is 6.33. The third kappa shape index (κ3) is 4.73. The minimum absolute atomic E-state index is 0.574. The molecule has 0 amide bonds. The summed E-state index contributed by atoms with van der Waals surface area (Å²) in [5.41, 5.74) is 5.13. The van der Waals surface area contributed by atoms with E-state index in [1.165, 1.54) is 37.9 Å². The van der Waals surface area contributed by atoms with E-state index in [4.69, 9.17) is 21.3 Å². The van der Waals surface area contributed by atoms with Gasteiger partial charge in [0.1, 0.15) is 5.82 Å². The van der Waals surface area contributed by atoms with E-state index < -0.39 is 0 Å². The summed E-state index contributed by atoms with van der Waals surface area (Å²) in [6.45, 7) is 7.26. The quantitative estimate of drug-likeness (QED) is 0.551. The molecular formula is C23H29ClN4O. The Balaban J connectivity index is 1.37. The maximum Gasteiger partial charge on any atom is 0.214 e. The number of nitrogens with zero attached hydrogens (tertiary/aromatic N) is 3. The highest BCUT2D eigenvalue weighted by Crippen LogP contribution is 2.30. The highest BCUT2D eigenvalue weighted by atomic mass is 35.5. The van der Waals surface area contributed by atoms with Crippen molar-refractivity contribution in [1.29, 1.82) is 0 Å². The largest absolute Gasteiger partial charge is 0.478 e. The summed E-state index contributed by atoms with van der Waals surface area (Å²) in [6.07, 6.45) is 6.61. The molecule has 6 heteroatoms. The van der Waals surface area contributed by atoms with E-state index in [1.54, 1.807) is 12.3 Å². The average molecular weight is 413 g/mol. The minimum atomic E-state index is 0.574. The van der Waals surface area contributed by atoms with E-state index in [0.29, 0.717) is 17.5 Å². The van der Waals surface area contributed by atoms with Gasteiger partial charge in [0.2, 0.25) is 5.88 Å². The zero-order valence-corrected chi connectivity index (χ0v) is 18.2. The molecule has 0 unspecified atom stereocenters. The van der Waals surface area contributed by atoms with Crippen LogP contribution < -0.4 is 4.74 Å². The van der Waals surface area contributed by atoms with Crippen molar-refractivity contribution >= 4 is 22.6 Å². The molecule has 154 valence electrons. The minimum Gasteiger partial charge on any atom is -0.478 e. The van der Waals surface area contributed by atoms with Crippen LogP contribution in [0.15, 0.2) is 24.4 Å². The lowest BCUT2D eigenvalue weighted by Gasteiger charge is -2.28. The summed E-state index contributed by atoms with van der Waals surface area (Å²) in [6, 6.07) is 6.02. The fraction of sp³-hybridized carbons (Fsp3) is 0.478. The van der Waals surface area contributed by atoms with Crippen LogP contribution in [0.5, 0.6) is 5.88 Å². The predicted octanol–water partition coefficient (Wildman–Crippen LogP) is 5.40. The van der Waals surface area contributed by atoms with Gasteiger partial charge >= 0.3 is 0 Å². The van der Waals surface area contributed by atoms with Gasteiger partial charge in [0.05, 0.1) is 28.2 Å². The smallest absolute Gasteiger partial charge is 0.214 e. The van der Waals surface area contributed by atoms with Crippen molar-refractivity contribution in [2.45, 2.75) is 39.5 Å². The Labute approximate surface area is 177 Å². The molecule has 3 heterocycles. The molecule has 29 heavy (non-hydrogen) atoms. The Morgan fingerprint density at radius 1 is 1.21 bits per heavy atom. The van der Waals surface area contributed by atoms with Gasteiger partial charge in [-0.2, -0.15) is 0 Å². The lowest BCUT2D eigenvalue weighted by Crippen LogP contribution is -2.30. The van der Waals surface area contributed by atoms with E-state index >= 15 is 0 Å². The fourth-order valence-electron chi connectivity index (χ4n) is 4.16.